The minimum absolute atomic E-state index is 0.191. The minimum atomic E-state index is -0.917. The van der Waals surface area contributed by atoms with Gasteiger partial charge < -0.3 is 14.7 Å². The number of carbonyl (C=O) groups is 2. The standard InChI is InChI=1S/C16H19NO4/c1-10-4-6-17(13(8-10)16(19)20)15(18)12-2-3-14-11(9-12)5-7-21-14/h2-3,9-10,13H,4-8H2,1H3,(H,19,20). The average molecular weight is 289 g/mol. The third kappa shape index (κ3) is 2.60. The first-order valence-electron chi connectivity index (χ1n) is 7.36. The van der Waals surface area contributed by atoms with Crippen LogP contribution >= 0.6 is 0 Å². The van der Waals surface area contributed by atoms with E-state index in [-0.39, 0.29) is 5.91 Å². The van der Waals surface area contributed by atoms with Crippen molar-refractivity contribution in [3.63, 3.8) is 0 Å². The number of ether oxygens (including phenoxy) is 1. The molecule has 0 saturated carbocycles. The second-order valence-electron chi connectivity index (χ2n) is 5.90. The van der Waals surface area contributed by atoms with Gasteiger partial charge in [0, 0.05) is 18.5 Å². The van der Waals surface area contributed by atoms with Gasteiger partial charge in [-0.1, -0.05) is 6.92 Å². The monoisotopic (exact) mass is 289 g/mol. The number of carboxylic acid groups (broad SMARTS) is 1. The Labute approximate surface area is 123 Å². The van der Waals surface area contributed by atoms with E-state index in [1.54, 1.807) is 12.1 Å². The van der Waals surface area contributed by atoms with E-state index >= 15 is 0 Å². The predicted molar refractivity (Wildman–Crippen MR) is 76.5 cm³/mol. The maximum Gasteiger partial charge on any atom is 0.326 e. The van der Waals surface area contributed by atoms with E-state index in [1.165, 1.54) is 4.90 Å². The molecule has 0 bridgehead atoms. The molecule has 0 aromatic heterocycles. The number of carbonyl (C=O) groups excluding carboxylic acids is 1. The van der Waals surface area contributed by atoms with Crippen LogP contribution in [0, 0.1) is 5.92 Å². The van der Waals surface area contributed by atoms with Crippen LogP contribution in [0.4, 0.5) is 0 Å². The number of rotatable bonds is 2. The molecule has 2 aliphatic rings. The highest BCUT2D eigenvalue weighted by Gasteiger charge is 2.35. The SMILES string of the molecule is CC1CCN(C(=O)c2ccc3c(c2)CCO3)C(C(=O)O)C1. The number of likely N-dealkylation sites (tertiary alicyclic amines) is 1. The van der Waals surface area contributed by atoms with Gasteiger partial charge in [0.1, 0.15) is 11.8 Å². The van der Waals surface area contributed by atoms with E-state index in [0.717, 1.165) is 24.2 Å². The highest BCUT2D eigenvalue weighted by Crippen LogP contribution is 2.28. The average Bonchev–Trinajstić information content (AvgIpc) is 2.93. The third-order valence-electron chi connectivity index (χ3n) is 4.35. The van der Waals surface area contributed by atoms with Crippen molar-refractivity contribution in [3.05, 3.63) is 29.3 Å². The van der Waals surface area contributed by atoms with Crippen LogP contribution in [0.2, 0.25) is 0 Å². The highest BCUT2D eigenvalue weighted by atomic mass is 16.5. The Bertz CT molecular complexity index is 584. The van der Waals surface area contributed by atoms with Crippen molar-refractivity contribution in [1.82, 2.24) is 4.90 Å². The summed E-state index contributed by atoms with van der Waals surface area (Å²) in [6.07, 6.45) is 2.18. The minimum Gasteiger partial charge on any atom is -0.493 e. The zero-order chi connectivity index (χ0) is 15.0. The molecule has 1 N–H and O–H groups in total. The molecule has 112 valence electrons. The number of carboxylic acids is 1. The summed E-state index contributed by atoms with van der Waals surface area (Å²) in [6, 6.07) is 4.65. The van der Waals surface area contributed by atoms with Gasteiger partial charge in [-0.15, -0.1) is 0 Å². The normalized spacial score (nSPS) is 24.3. The number of aliphatic carboxylic acids is 1. The van der Waals surface area contributed by atoms with Crippen molar-refractivity contribution in [2.24, 2.45) is 5.92 Å². The maximum absolute atomic E-state index is 12.6. The summed E-state index contributed by atoms with van der Waals surface area (Å²) in [7, 11) is 0. The van der Waals surface area contributed by atoms with Gasteiger partial charge in [-0.25, -0.2) is 4.79 Å². The van der Waals surface area contributed by atoms with Gasteiger partial charge in [-0.3, -0.25) is 4.79 Å². The molecule has 1 saturated heterocycles. The highest BCUT2D eigenvalue weighted by molar-refractivity contribution is 5.97. The lowest BCUT2D eigenvalue weighted by atomic mass is 9.91. The Morgan fingerprint density at radius 3 is 2.95 bits per heavy atom. The lowest BCUT2D eigenvalue weighted by molar-refractivity contribution is -0.144. The van der Waals surface area contributed by atoms with E-state index in [0.29, 0.717) is 31.1 Å². The Morgan fingerprint density at radius 2 is 2.19 bits per heavy atom. The molecule has 2 atom stereocenters. The Morgan fingerprint density at radius 1 is 1.38 bits per heavy atom. The lowest BCUT2D eigenvalue weighted by Crippen LogP contribution is -2.49. The summed E-state index contributed by atoms with van der Waals surface area (Å²) in [4.78, 5) is 25.6. The Hall–Kier alpha value is -2.04. The molecule has 0 radical (unpaired) electrons. The van der Waals surface area contributed by atoms with Gasteiger partial charge in [0.15, 0.2) is 0 Å². The third-order valence-corrected chi connectivity index (χ3v) is 4.35. The van der Waals surface area contributed by atoms with Crippen LogP contribution in [0.5, 0.6) is 5.75 Å². The Kier molecular flexibility index (Phi) is 3.57. The largest absolute Gasteiger partial charge is 0.493 e. The van der Waals surface area contributed by atoms with Crippen LogP contribution in [0.1, 0.15) is 35.7 Å². The van der Waals surface area contributed by atoms with Gasteiger partial charge in [-0.2, -0.15) is 0 Å². The van der Waals surface area contributed by atoms with Crippen LogP contribution < -0.4 is 4.74 Å². The lowest BCUT2D eigenvalue weighted by Gasteiger charge is -2.36. The fourth-order valence-corrected chi connectivity index (χ4v) is 3.10. The summed E-state index contributed by atoms with van der Waals surface area (Å²) >= 11 is 0. The van der Waals surface area contributed by atoms with E-state index < -0.39 is 12.0 Å². The zero-order valence-electron chi connectivity index (χ0n) is 12.0. The quantitative estimate of drug-likeness (QED) is 0.903. The van der Waals surface area contributed by atoms with Crippen LogP contribution in [0.15, 0.2) is 18.2 Å². The first kappa shape index (κ1) is 13.9. The zero-order valence-corrected chi connectivity index (χ0v) is 12.0. The van der Waals surface area contributed by atoms with Crippen molar-refractivity contribution in [1.29, 1.82) is 0 Å². The molecule has 2 heterocycles. The second kappa shape index (κ2) is 5.39. The van der Waals surface area contributed by atoms with Gasteiger partial charge in [0.2, 0.25) is 0 Å². The van der Waals surface area contributed by atoms with Crippen molar-refractivity contribution >= 4 is 11.9 Å². The fraction of sp³-hybridized carbons (Fsp3) is 0.500. The van der Waals surface area contributed by atoms with E-state index in [4.69, 9.17) is 4.74 Å². The number of benzene rings is 1. The molecule has 1 aromatic rings. The number of hydrogen-bond acceptors (Lipinski definition) is 3. The van der Waals surface area contributed by atoms with E-state index in [9.17, 15) is 14.7 Å². The summed E-state index contributed by atoms with van der Waals surface area (Å²) in [5, 5.41) is 9.36. The van der Waals surface area contributed by atoms with Crippen LogP contribution in [0.25, 0.3) is 0 Å². The van der Waals surface area contributed by atoms with Gasteiger partial charge in [-0.05, 0) is 42.5 Å². The number of fused-ring (bicyclic) bond motifs is 1. The van der Waals surface area contributed by atoms with Crippen molar-refractivity contribution in [3.8, 4) is 5.75 Å². The molecule has 0 spiro atoms. The number of piperidine rings is 1. The summed E-state index contributed by atoms with van der Waals surface area (Å²) < 4.78 is 5.43. The molecular formula is C16H19NO4. The molecule has 2 aliphatic heterocycles. The molecule has 21 heavy (non-hydrogen) atoms. The molecule has 2 unspecified atom stereocenters. The van der Waals surface area contributed by atoms with Crippen molar-refractivity contribution in [2.45, 2.75) is 32.2 Å². The van der Waals surface area contributed by atoms with Gasteiger partial charge in [0.05, 0.1) is 6.61 Å². The molecular weight excluding hydrogens is 270 g/mol. The topological polar surface area (TPSA) is 66.8 Å². The molecule has 5 heteroatoms. The molecule has 1 amide bonds. The summed E-state index contributed by atoms with van der Waals surface area (Å²) in [5.41, 5.74) is 1.58. The Balaban J connectivity index is 1.85. The molecule has 0 aliphatic carbocycles. The summed E-state index contributed by atoms with van der Waals surface area (Å²) in [6.45, 7) is 3.18. The van der Waals surface area contributed by atoms with Crippen molar-refractivity contribution < 1.29 is 19.4 Å². The van der Waals surface area contributed by atoms with Crippen molar-refractivity contribution in [2.75, 3.05) is 13.2 Å². The predicted octanol–water partition coefficient (Wildman–Crippen LogP) is 1.95. The number of amides is 1. The fourth-order valence-electron chi connectivity index (χ4n) is 3.10. The molecule has 3 rings (SSSR count). The van der Waals surface area contributed by atoms with Crippen LogP contribution in [-0.2, 0) is 11.2 Å². The maximum atomic E-state index is 12.6. The first-order chi connectivity index (χ1) is 10.1. The second-order valence-corrected chi connectivity index (χ2v) is 5.90. The van der Waals surface area contributed by atoms with Crippen LogP contribution in [-0.4, -0.2) is 41.1 Å². The van der Waals surface area contributed by atoms with Crippen LogP contribution in [0.3, 0.4) is 0 Å². The number of hydrogen-bond donors (Lipinski definition) is 1. The number of nitrogens with zero attached hydrogens (tertiary/aromatic N) is 1. The first-order valence-corrected chi connectivity index (χ1v) is 7.36. The van der Waals surface area contributed by atoms with Gasteiger partial charge >= 0.3 is 5.97 Å². The molecule has 1 fully saturated rings. The van der Waals surface area contributed by atoms with E-state index in [1.807, 2.05) is 13.0 Å². The summed E-state index contributed by atoms with van der Waals surface area (Å²) in [5.74, 6) is 0.0561. The van der Waals surface area contributed by atoms with Gasteiger partial charge in [0.25, 0.3) is 5.91 Å². The van der Waals surface area contributed by atoms with E-state index in [2.05, 4.69) is 0 Å². The smallest absolute Gasteiger partial charge is 0.326 e. The molecule has 5 nitrogen and oxygen atoms in total. The molecule has 1 aromatic carbocycles.